The zero-order valence-electron chi connectivity index (χ0n) is 20.2. The Morgan fingerprint density at radius 3 is 1.94 bits per heavy atom. The van der Waals surface area contributed by atoms with Crippen molar-refractivity contribution in [1.29, 1.82) is 0 Å². The minimum Gasteiger partial charge on any atom is -0.449 e. The summed E-state index contributed by atoms with van der Waals surface area (Å²) in [6.45, 7) is 3.13. The standard InChI is InChI=1S/C28H29N3O5/c1-17(27(34)31-20-13-11-19(15-32)12-14-20)29-26(33)18(2)30-28(35)36-16-25-23-9-5-3-7-21(23)22-8-4-6-10-24(22)25/h3-14,17-18,25,32H,15-16H2,1-2H3,(H,29,33)(H,30,35)(H,31,34)/t17-,18-/m1/s1. The first-order valence-electron chi connectivity index (χ1n) is 11.8. The molecule has 0 saturated heterocycles. The Hall–Kier alpha value is -4.17. The average molecular weight is 488 g/mol. The molecule has 3 aromatic rings. The molecule has 0 radical (unpaired) electrons. The number of aliphatic hydroxyl groups excluding tert-OH is 1. The molecule has 0 aromatic heterocycles. The molecule has 0 spiro atoms. The van der Waals surface area contributed by atoms with E-state index < -0.39 is 30.0 Å². The number of anilines is 1. The summed E-state index contributed by atoms with van der Waals surface area (Å²) < 4.78 is 5.48. The summed E-state index contributed by atoms with van der Waals surface area (Å²) in [7, 11) is 0. The van der Waals surface area contributed by atoms with E-state index in [9.17, 15) is 14.4 Å². The van der Waals surface area contributed by atoms with E-state index in [4.69, 9.17) is 9.84 Å². The van der Waals surface area contributed by atoms with Crippen LogP contribution in [0.3, 0.4) is 0 Å². The molecule has 1 aliphatic rings. The van der Waals surface area contributed by atoms with Gasteiger partial charge < -0.3 is 25.8 Å². The normalized spacial score (nSPS) is 13.6. The van der Waals surface area contributed by atoms with Crippen LogP contribution in [0.2, 0.25) is 0 Å². The molecule has 3 amide bonds. The Kier molecular flexibility index (Phi) is 7.65. The van der Waals surface area contributed by atoms with Crippen LogP contribution in [0.1, 0.15) is 36.5 Å². The van der Waals surface area contributed by atoms with Gasteiger partial charge >= 0.3 is 6.09 Å². The molecule has 4 N–H and O–H groups in total. The lowest BCUT2D eigenvalue weighted by atomic mass is 9.98. The molecular weight excluding hydrogens is 458 g/mol. The Labute approximate surface area is 209 Å². The second-order valence-corrected chi connectivity index (χ2v) is 8.77. The first kappa shape index (κ1) is 24.9. The van der Waals surface area contributed by atoms with Crippen molar-refractivity contribution in [2.24, 2.45) is 0 Å². The Morgan fingerprint density at radius 2 is 1.36 bits per heavy atom. The molecule has 8 nitrogen and oxygen atoms in total. The molecule has 8 heteroatoms. The third-order valence-electron chi connectivity index (χ3n) is 6.23. The third kappa shape index (κ3) is 5.55. The number of aliphatic hydroxyl groups is 1. The van der Waals surface area contributed by atoms with Crippen LogP contribution in [0, 0.1) is 0 Å². The van der Waals surface area contributed by atoms with Crippen molar-refractivity contribution in [3.05, 3.63) is 89.5 Å². The van der Waals surface area contributed by atoms with Gasteiger partial charge in [-0.15, -0.1) is 0 Å². The highest BCUT2D eigenvalue weighted by Crippen LogP contribution is 2.44. The number of carbonyl (C=O) groups is 3. The molecule has 0 fully saturated rings. The summed E-state index contributed by atoms with van der Waals surface area (Å²) in [5.74, 6) is -1.00. The summed E-state index contributed by atoms with van der Waals surface area (Å²) in [5.41, 5.74) is 5.73. The number of hydrogen-bond donors (Lipinski definition) is 4. The van der Waals surface area contributed by atoms with Crippen LogP contribution in [0.5, 0.6) is 0 Å². The summed E-state index contributed by atoms with van der Waals surface area (Å²) >= 11 is 0. The maximum absolute atomic E-state index is 12.5. The molecule has 36 heavy (non-hydrogen) atoms. The molecule has 186 valence electrons. The van der Waals surface area contributed by atoms with E-state index in [-0.39, 0.29) is 19.1 Å². The van der Waals surface area contributed by atoms with E-state index in [0.29, 0.717) is 5.69 Å². The topological polar surface area (TPSA) is 117 Å². The number of rotatable bonds is 8. The van der Waals surface area contributed by atoms with Crippen LogP contribution in [0.4, 0.5) is 10.5 Å². The number of alkyl carbamates (subject to hydrolysis) is 1. The van der Waals surface area contributed by atoms with Crippen LogP contribution in [0.15, 0.2) is 72.8 Å². The first-order valence-corrected chi connectivity index (χ1v) is 11.8. The van der Waals surface area contributed by atoms with Gasteiger partial charge in [-0.3, -0.25) is 9.59 Å². The largest absolute Gasteiger partial charge is 0.449 e. The molecule has 0 unspecified atom stereocenters. The molecule has 2 atom stereocenters. The van der Waals surface area contributed by atoms with Gasteiger partial charge in [0, 0.05) is 11.6 Å². The summed E-state index contributed by atoms with van der Waals surface area (Å²) in [5, 5.41) is 16.9. The van der Waals surface area contributed by atoms with E-state index in [1.807, 2.05) is 36.4 Å². The van der Waals surface area contributed by atoms with E-state index in [1.54, 1.807) is 31.2 Å². The Bertz CT molecular complexity index is 1210. The third-order valence-corrected chi connectivity index (χ3v) is 6.23. The van der Waals surface area contributed by atoms with Crippen molar-refractivity contribution >= 4 is 23.6 Å². The number of hydrogen-bond acceptors (Lipinski definition) is 5. The fourth-order valence-corrected chi connectivity index (χ4v) is 4.23. The van der Waals surface area contributed by atoms with Crippen LogP contribution >= 0.6 is 0 Å². The predicted octanol–water partition coefficient (Wildman–Crippen LogP) is 3.55. The lowest BCUT2D eigenvalue weighted by molar-refractivity contribution is -0.127. The van der Waals surface area contributed by atoms with Gasteiger partial charge in [0.05, 0.1) is 6.61 Å². The molecule has 0 heterocycles. The van der Waals surface area contributed by atoms with E-state index in [2.05, 4.69) is 28.1 Å². The highest BCUT2D eigenvalue weighted by molar-refractivity contribution is 5.97. The number of carbonyl (C=O) groups excluding carboxylic acids is 3. The van der Waals surface area contributed by atoms with Gasteiger partial charge in [0.25, 0.3) is 0 Å². The van der Waals surface area contributed by atoms with Gasteiger partial charge in [-0.05, 0) is 53.8 Å². The van der Waals surface area contributed by atoms with Crippen molar-refractivity contribution in [3.8, 4) is 11.1 Å². The van der Waals surface area contributed by atoms with Crippen molar-refractivity contribution in [3.63, 3.8) is 0 Å². The quantitative estimate of drug-likeness (QED) is 0.388. The van der Waals surface area contributed by atoms with Crippen LogP contribution in [-0.4, -0.2) is 41.7 Å². The average Bonchev–Trinajstić information content (AvgIpc) is 3.21. The maximum Gasteiger partial charge on any atom is 0.407 e. The number of benzene rings is 3. The van der Waals surface area contributed by atoms with Crippen molar-refractivity contribution in [2.75, 3.05) is 11.9 Å². The fourth-order valence-electron chi connectivity index (χ4n) is 4.23. The predicted molar refractivity (Wildman–Crippen MR) is 136 cm³/mol. The summed E-state index contributed by atoms with van der Waals surface area (Å²) in [4.78, 5) is 37.4. The van der Waals surface area contributed by atoms with Gasteiger partial charge in [0.1, 0.15) is 18.7 Å². The lowest BCUT2D eigenvalue weighted by Gasteiger charge is -2.19. The SMILES string of the molecule is C[C@@H](NC(=O)OCC1c2ccccc2-c2ccccc21)C(=O)N[C@H](C)C(=O)Nc1ccc(CO)cc1. The van der Waals surface area contributed by atoms with Gasteiger partial charge in [-0.1, -0.05) is 60.7 Å². The highest BCUT2D eigenvalue weighted by atomic mass is 16.5. The molecule has 1 aliphatic carbocycles. The molecule has 3 aromatic carbocycles. The molecule has 4 rings (SSSR count). The second-order valence-electron chi connectivity index (χ2n) is 8.77. The van der Waals surface area contributed by atoms with E-state index in [0.717, 1.165) is 27.8 Å². The van der Waals surface area contributed by atoms with Crippen molar-refractivity contribution in [2.45, 2.75) is 38.5 Å². The number of amides is 3. The zero-order chi connectivity index (χ0) is 25.7. The minimum atomic E-state index is -0.903. The smallest absolute Gasteiger partial charge is 0.407 e. The van der Waals surface area contributed by atoms with Crippen molar-refractivity contribution < 1.29 is 24.2 Å². The summed E-state index contributed by atoms with van der Waals surface area (Å²) in [6, 6.07) is 21.1. The van der Waals surface area contributed by atoms with E-state index >= 15 is 0 Å². The molecule has 0 saturated carbocycles. The maximum atomic E-state index is 12.5. The molecule has 0 aliphatic heterocycles. The lowest BCUT2D eigenvalue weighted by Crippen LogP contribution is -2.50. The van der Waals surface area contributed by atoms with Gasteiger partial charge in [0.2, 0.25) is 11.8 Å². The first-order chi connectivity index (χ1) is 17.4. The van der Waals surface area contributed by atoms with Crippen molar-refractivity contribution in [1.82, 2.24) is 10.6 Å². The molecular formula is C28H29N3O5. The Balaban J connectivity index is 1.27. The Morgan fingerprint density at radius 1 is 0.806 bits per heavy atom. The van der Waals surface area contributed by atoms with E-state index in [1.165, 1.54) is 6.92 Å². The number of fused-ring (bicyclic) bond motifs is 3. The monoisotopic (exact) mass is 487 g/mol. The second kappa shape index (κ2) is 11.0. The van der Waals surface area contributed by atoms with Crippen LogP contribution in [-0.2, 0) is 20.9 Å². The zero-order valence-corrected chi connectivity index (χ0v) is 20.2. The minimum absolute atomic E-state index is 0.0811. The fraction of sp³-hybridized carbons (Fsp3) is 0.250. The highest BCUT2D eigenvalue weighted by Gasteiger charge is 2.29. The van der Waals surface area contributed by atoms with Crippen LogP contribution < -0.4 is 16.0 Å². The van der Waals surface area contributed by atoms with Gasteiger partial charge in [-0.2, -0.15) is 0 Å². The van der Waals surface area contributed by atoms with Gasteiger partial charge in [-0.25, -0.2) is 4.79 Å². The number of nitrogens with one attached hydrogen (secondary N) is 3. The van der Waals surface area contributed by atoms with Crippen LogP contribution in [0.25, 0.3) is 11.1 Å². The summed E-state index contributed by atoms with van der Waals surface area (Å²) in [6.07, 6.45) is -0.708. The number of ether oxygens (including phenoxy) is 1. The molecule has 0 bridgehead atoms. The van der Waals surface area contributed by atoms with Gasteiger partial charge in [0.15, 0.2) is 0 Å².